The molecule has 0 radical (unpaired) electrons. The Kier molecular flexibility index (Phi) is 4.52. The molecule has 3 rings (SSSR count). The van der Waals surface area contributed by atoms with Crippen LogP contribution in [0.15, 0.2) is 24.5 Å². The van der Waals surface area contributed by atoms with Crippen LogP contribution in [-0.2, 0) is 12.0 Å². The summed E-state index contributed by atoms with van der Waals surface area (Å²) in [5.74, 6) is -3.03. The van der Waals surface area contributed by atoms with Crippen LogP contribution in [-0.4, -0.2) is 28.8 Å². The average molecular weight is 372 g/mol. The van der Waals surface area contributed by atoms with Crippen LogP contribution >= 0.6 is 11.6 Å². The van der Waals surface area contributed by atoms with Crippen molar-refractivity contribution < 1.29 is 13.2 Å². The Hall–Kier alpha value is -1.69. The van der Waals surface area contributed by atoms with Gasteiger partial charge >= 0.3 is 0 Å². The lowest BCUT2D eigenvalue weighted by molar-refractivity contribution is 0.0257. The van der Waals surface area contributed by atoms with E-state index in [1.165, 1.54) is 12.1 Å². The first-order chi connectivity index (χ1) is 11.5. The van der Waals surface area contributed by atoms with Crippen molar-refractivity contribution >= 4 is 17.3 Å². The monoisotopic (exact) mass is 371 g/mol. The van der Waals surface area contributed by atoms with Gasteiger partial charge in [-0.25, -0.2) is 13.2 Å². The molecule has 0 bridgehead atoms. The number of benzene rings is 1. The molecule has 7 heteroatoms. The van der Waals surface area contributed by atoms with Crippen molar-refractivity contribution in [3.8, 4) is 0 Å². The van der Waals surface area contributed by atoms with Crippen LogP contribution in [0.25, 0.3) is 0 Å². The quantitative estimate of drug-likeness (QED) is 0.767. The predicted octanol–water partition coefficient (Wildman–Crippen LogP) is 4.87. The molecule has 1 aliphatic rings. The van der Waals surface area contributed by atoms with E-state index in [1.54, 1.807) is 22.0 Å². The van der Waals surface area contributed by atoms with Crippen LogP contribution in [0, 0.1) is 5.82 Å². The molecule has 1 aromatic heterocycles. The first-order valence-corrected chi connectivity index (χ1v) is 8.57. The second kappa shape index (κ2) is 6.24. The first-order valence-electron chi connectivity index (χ1n) is 8.19. The summed E-state index contributed by atoms with van der Waals surface area (Å²) in [5.41, 5.74) is 1.97. The largest absolute Gasteiger partial charge is 0.363 e. The van der Waals surface area contributed by atoms with Gasteiger partial charge < -0.3 is 4.90 Å². The maximum absolute atomic E-state index is 13.8. The molecule has 2 heterocycles. The topological polar surface area (TPSA) is 21.1 Å². The second-order valence-corrected chi connectivity index (χ2v) is 7.99. The Morgan fingerprint density at radius 2 is 2.00 bits per heavy atom. The van der Waals surface area contributed by atoms with E-state index >= 15 is 0 Å². The van der Waals surface area contributed by atoms with Crippen molar-refractivity contribution in [2.75, 3.05) is 18.0 Å². The fraction of sp³-hybridized carbons (Fsp3) is 0.500. The van der Waals surface area contributed by atoms with E-state index in [0.717, 1.165) is 11.1 Å². The fourth-order valence-corrected chi connectivity index (χ4v) is 3.42. The summed E-state index contributed by atoms with van der Waals surface area (Å²) < 4.78 is 42.2. The van der Waals surface area contributed by atoms with Crippen LogP contribution in [0.1, 0.15) is 38.3 Å². The molecule has 0 aliphatic carbocycles. The highest BCUT2D eigenvalue weighted by Gasteiger charge is 2.38. The van der Waals surface area contributed by atoms with E-state index in [1.807, 2.05) is 20.8 Å². The number of hydrogen-bond acceptors (Lipinski definition) is 2. The van der Waals surface area contributed by atoms with E-state index in [-0.39, 0.29) is 24.2 Å². The molecule has 1 fully saturated rings. The highest BCUT2D eigenvalue weighted by Crippen LogP contribution is 2.33. The van der Waals surface area contributed by atoms with Crippen LogP contribution in [0.5, 0.6) is 0 Å². The van der Waals surface area contributed by atoms with Gasteiger partial charge in [-0.1, -0.05) is 32.4 Å². The van der Waals surface area contributed by atoms with Gasteiger partial charge in [-0.05, 0) is 28.7 Å². The van der Waals surface area contributed by atoms with Crippen molar-refractivity contribution in [3.63, 3.8) is 0 Å². The van der Waals surface area contributed by atoms with Gasteiger partial charge in [-0.15, -0.1) is 0 Å². The third-order valence-corrected chi connectivity index (χ3v) is 4.78. The van der Waals surface area contributed by atoms with Gasteiger partial charge in [0.15, 0.2) is 0 Å². The van der Waals surface area contributed by atoms with Crippen molar-refractivity contribution in [1.29, 1.82) is 0 Å². The maximum atomic E-state index is 13.8. The van der Waals surface area contributed by atoms with Crippen molar-refractivity contribution in [1.82, 2.24) is 9.78 Å². The summed E-state index contributed by atoms with van der Waals surface area (Å²) in [6, 6.07) is 2.78. The van der Waals surface area contributed by atoms with Crippen LogP contribution < -0.4 is 4.90 Å². The zero-order valence-corrected chi connectivity index (χ0v) is 15.2. The Balaban J connectivity index is 1.87. The maximum Gasteiger partial charge on any atom is 0.266 e. The molecule has 3 nitrogen and oxygen atoms in total. The second-order valence-electron chi connectivity index (χ2n) is 7.59. The number of rotatable bonds is 3. The van der Waals surface area contributed by atoms with Gasteiger partial charge in [0.1, 0.15) is 5.82 Å². The van der Waals surface area contributed by atoms with E-state index in [9.17, 15) is 13.2 Å². The number of halogens is 4. The number of hydrogen-bond donors (Lipinski definition) is 0. The van der Waals surface area contributed by atoms with Crippen molar-refractivity contribution in [3.05, 3.63) is 46.5 Å². The van der Waals surface area contributed by atoms with Gasteiger partial charge in [-0.2, -0.15) is 5.10 Å². The van der Waals surface area contributed by atoms with E-state index in [2.05, 4.69) is 5.10 Å². The van der Waals surface area contributed by atoms with Crippen LogP contribution in [0.3, 0.4) is 0 Å². The highest BCUT2D eigenvalue weighted by atomic mass is 35.5. The lowest BCUT2D eigenvalue weighted by Gasteiger charge is -2.24. The minimum atomic E-state index is -2.65. The predicted molar refractivity (Wildman–Crippen MR) is 93.2 cm³/mol. The Labute approximate surface area is 150 Å². The summed E-state index contributed by atoms with van der Waals surface area (Å²) >= 11 is 6.27. The molecular weight excluding hydrogens is 351 g/mol. The first kappa shape index (κ1) is 18.1. The lowest BCUT2D eigenvalue weighted by atomic mass is 9.83. The minimum Gasteiger partial charge on any atom is -0.363 e. The SMILES string of the molecule is CC(C)(C)c1cc(F)cc(Cl)c1Cn1cc(N2CCC(F)(F)C2)cn1. The third kappa shape index (κ3) is 3.94. The zero-order valence-electron chi connectivity index (χ0n) is 14.5. The molecule has 0 N–H and O–H groups in total. The molecule has 0 atom stereocenters. The summed E-state index contributed by atoms with van der Waals surface area (Å²) in [4.78, 5) is 1.63. The van der Waals surface area contributed by atoms with E-state index in [4.69, 9.17) is 11.6 Å². The third-order valence-electron chi connectivity index (χ3n) is 4.44. The van der Waals surface area contributed by atoms with Gasteiger partial charge in [-0.3, -0.25) is 4.68 Å². The molecule has 1 aromatic carbocycles. The molecule has 1 saturated heterocycles. The molecular formula is C18H21ClF3N3. The number of alkyl halides is 2. The minimum absolute atomic E-state index is 0.143. The van der Waals surface area contributed by atoms with Gasteiger partial charge in [0.25, 0.3) is 5.92 Å². The molecule has 136 valence electrons. The van der Waals surface area contributed by atoms with Crippen LogP contribution in [0.2, 0.25) is 5.02 Å². The van der Waals surface area contributed by atoms with E-state index < -0.39 is 5.92 Å². The van der Waals surface area contributed by atoms with Crippen molar-refractivity contribution in [2.45, 2.75) is 45.1 Å². The lowest BCUT2D eigenvalue weighted by Crippen LogP contribution is -2.24. The average Bonchev–Trinajstić information content (AvgIpc) is 3.06. The molecule has 0 amide bonds. The van der Waals surface area contributed by atoms with Gasteiger partial charge in [0, 0.05) is 24.2 Å². The van der Waals surface area contributed by atoms with Crippen molar-refractivity contribution in [2.24, 2.45) is 0 Å². The molecule has 0 spiro atoms. The molecule has 0 unspecified atom stereocenters. The fourth-order valence-electron chi connectivity index (χ4n) is 3.15. The summed E-state index contributed by atoms with van der Waals surface area (Å²) in [7, 11) is 0. The van der Waals surface area contributed by atoms with Crippen LogP contribution in [0.4, 0.5) is 18.9 Å². The zero-order chi connectivity index (χ0) is 18.4. The molecule has 25 heavy (non-hydrogen) atoms. The van der Waals surface area contributed by atoms with Gasteiger partial charge in [0.05, 0.1) is 25.0 Å². The van der Waals surface area contributed by atoms with E-state index in [0.29, 0.717) is 23.8 Å². The summed E-state index contributed by atoms with van der Waals surface area (Å²) in [6.07, 6.45) is 3.17. The standard InChI is InChI=1S/C18H21ClF3N3/c1-17(2,3)15-6-12(20)7-16(19)14(15)10-25-9-13(8-23-25)24-5-4-18(21,22)11-24/h6-9H,4-5,10-11H2,1-3H3. The molecule has 0 saturated carbocycles. The molecule has 2 aromatic rings. The Bertz CT molecular complexity index is 780. The van der Waals surface area contributed by atoms with Gasteiger partial charge in [0.2, 0.25) is 0 Å². The normalized spacial score (nSPS) is 17.3. The number of anilines is 1. The summed E-state index contributed by atoms with van der Waals surface area (Å²) in [5, 5.41) is 4.61. The number of nitrogens with zero attached hydrogens (tertiary/aromatic N) is 3. The highest BCUT2D eigenvalue weighted by molar-refractivity contribution is 6.31. The Morgan fingerprint density at radius 3 is 2.60 bits per heavy atom. The molecule has 1 aliphatic heterocycles. The summed E-state index contributed by atoms with van der Waals surface area (Å²) in [6.45, 7) is 6.34. The smallest absolute Gasteiger partial charge is 0.266 e. The number of aromatic nitrogens is 2. The Morgan fingerprint density at radius 1 is 1.28 bits per heavy atom.